The van der Waals surface area contributed by atoms with Gasteiger partial charge < -0.3 is 20.3 Å². The molecule has 4 atom stereocenters. The molecule has 7 nitrogen and oxygen atoms in total. The Bertz CT molecular complexity index is 795. The molecular weight excluding hydrogens is 466 g/mol. The van der Waals surface area contributed by atoms with Gasteiger partial charge in [-0.3, -0.25) is 10.2 Å². The highest BCUT2D eigenvalue weighted by Gasteiger charge is 2.30. The van der Waals surface area contributed by atoms with Gasteiger partial charge in [0.05, 0.1) is 12.7 Å². The van der Waals surface area contributed by atoms with Crippen molar-refractivity contribution in [1.29, 1.82) is 0 Å². The van der Waals surface area contributed by atoms with E-state index in [-0.39, 0.29) is 23.8 Å². The lowest BCUT2D eigenvalue weighted by Gasteiger charge is -2.32. The Balaban J connectivity index is 1.97. The number of nitrogens with zero attached hydrogens (tertiary/aromatic N) is 1. The summed E-state index contributed by atoms with van der Waals surface area (Å²) in [6.45, 7) is 13.7. The van der Waals surface area contributed by atoms with Crippen LogP contribution in [0.4, 0.5) is 0 Å². The molecule has 1 aromatic carbocycles. The molecule has 2 rings (SSSR count). The van der Waals surface area contributed by atoms with Gasteiger partial charge in [0.1, 0.15) is 5.75 Å². The van der Waals surface area contributed by atoms with Gasteiger partial charge in [0, 0.05) is 45.2 Å². The van der Waals surface area contributed by atoms with Crippen molar-refractivity contribution in [3.63, 3.8) is 0 Å². The Hall–Kier alpha value is -1.67. The lowest BCUT2D eigenvalue weighted by Crippen LogP contribution is -2.49. The van der Waals surface area contributed by atoms with E-state index in [9.17, 15) is 9.90 Å². The maximum Gasteiger partial charge on any atom is 0.237 e. The van der Waals surface area contributed by atoms with E-state index in [1.807, 2.05) is 18.9 Å². The number of hydrogen-bond acceptors (Lipinski definition) is 6. The normalized spacial score (nSPS) is 18.0. The predicted molar refractivity (Wildman–Crippen MR) is 150 cm³/mol. The van der Waals surface area contributed by atoms with Crippen LogP contribution in [0.2, 0.25) is 0 Å². The lowest BCUT2D eigenvalue weighted by atomic mass is 9.80. The second-order valence-electron chi connectivity index (χ2n) is 11.6. The second-order valence-corrected chi connectivity index (χ2v) is 11.6. The average Bonchev–Trinajstić information content (AvgIpc) is 2.86. The van der Waals surface area contributed by atoms with Crippen molar-refractivity contribution in [1.82, 2.24) is 10.4 Å². The van der Waals surface area contributed by atoms with Gasteiger partial charge in [-0.05, 0) is 74.0 Å². The van der Waals surface area contributed by atoms with E-state index in [1.165, 1.54) is 12.0 Å². The fraction of sp³-hybridized carbons (Fsp3) is 0.767. The molecular formula is C30H53N3O4. The maximum atomic E-state index is 13.0. The lowest BCUT2D eigenvalue weighted by molar-refractivity contribution is -0.133. The first-order valence-electron chi connectivity index (χ1n) is 14.3. The highest BCUT2D eigenvalue weighted by Crippen LogP contribution is 2.28. The van der Waals surface area contributed by atoms with Crippen molar-refractivity contribution < 1.29 is 19.4 Å². The smallest absolute Gasteiger partial charge is 0.237 e. The van der Waals surface area contributed by atoms with Crippen LogP contribution in [0.25, 0.3) is 0 Å². The summed E-state index contributed by atoms with van der Waals surface area (Å²) >= 11 is 0. The first-order valence-corrected chi connectivity index (χ1v) is 14.3. The largest absolute Gasteiger partial charge is 0.493 e. The number of aliphatic hydroxyl groups excluding tert-OH is 1. The Morgan fingerprint density at radius 1 is 1.08 bits per heavy atom. The molecule has 0 spiro atoms. The first kappa shape index (κ1) is 31.5. The number of benzene rings is 1. The molecule has 0 aromatic heterocycles. The molecule has 0 aliphatic carbocycles. The molecule has 1 saturated heterocycles. The number of nitrogens with one attached hydrogen (secondary N) is 1. The molecule has 0 radical (unpaired) electrons. The fourth-order valence-electron chi connectivity index (χ4n) is 5.07. The van der Waals surface area contributed by atoms with Crippen molar-refractivity contribution >= 4 is 5.91 Å². The minimum absolute atomic E-state index is 0.00115. The molecule has 1 aliphatic heterocycles. The molecule has 4 N–H and O–H groups in total. The molecule has 1 aliphatic rings. The number of methoxy groups -OCH3 is 1. The van der Waals surface area contributed by atoms with Gasteiger partial charge in [-0.15, -0.1) is 0 Å². The van der Waals surface area contributed by atoms with E-state index in [1.54, 1.807) is 7.11 Å². The minimum Gasteiger partial charge on any atom is -0.493 e. The number of aliphatic hydroxyl groups is 1. The maximum absolute atomic E-state index is 13.0. The summed E-state index contributed by atoms with van der Waals surface area (Å²) in [6, 6.07) is 6.03. The van der Waals surface area contributed by atoms with Gasteiger partial charge in [0.25, 0.3) is 0 Å². The fourth-order valence-corrected chi connectivity index (χ4v) is 5.07. The third-order valence-corrected chi connectivity index (χ3v) is 7.77. The van der Waals surface area contributed by atoms with Crippen molar-refractivity contribution in [2.24, 2.45) is 29.4 Å². The van der Waals surface area contributed by atoms with E-state index in [0.717, 1.165) is 50.1 Å². The standard InChI is InChI=1S/C30H53N3O4/c1-21(2)25(17-24-12-11-23(5)29(18-24)37-16-10-15-36-6)19-27(31)28(34)20-26(22(3)4)30(35)32-33-13-8-7-9-14-33/h11-12,18,21-22,25-28,34H,7-10,13-17,19-20,31H2,1-6H3,(H,32,35). The van der Waals surface area contributed by atoms with Gasteiger partial charge in [0.15, 0.2) is 0 Å². The summed E-state index contributed by atoms with van der Waals surface area (Å²) in [5.74, 6) is 1.50. The molecule has 1 heterocycles. The number of rotatable bonds is 16. The van der Waals surface area contributed by atoms with Crippen LogP contribution >= 0.6 is 0 Å². The number of aryl methyl sites for hydroxylation is 1. The second kappa shape index (κ2) is 16.3. The molecule has 4 unspecified atom stereocenters. The monoisotopic (exact) mass is 519 g/mol. The van der Waals surface area contributed by atoms with Crippen LogP contribution in [0.15, 0.2) is 18.2 Å². The summed E-state index contributed by atoms with van der Waals surface area (Å²) in [7, 11) is 1.70. The van der Waals surface area contributed by atoms with Gasteiger partial charge in [-0.1, -0.05) is 46.2 Å². The molecule has 1 amide bonds. The van der Waals surface area contributed by atoms with Gasteiger partial charge >= 0.3 is 0 Å². The number of nitrogens with two attached hydrogens (primary N) is 1. The average molecular weight is 520 g/mol. The Morgan fingerprint density at radius 2 is 1.78 bits per heavy atom. The van der Waals surface area contributed by atoms with Crippen LogP contribution in [-0.2, 0) is 16.0 Å². The highest BCUT2D eigenvalue weighted by molar-refractivity contribution is 5.78. The Morgan fingerprint density at radius 3 is 2.41 bits per heavy atom. The number of hydrogen-bond donors (Lipinski definition) is 3. The van der Waals surface area contributed by atoms with Crippen LogP contribution < -0.4 is 15.9 Å². The first-order chi connectivity index (χ1) is 17.6. The summed E-state index contributed by atoms with van der Waals surface area (Å²) in [4.78, 5) is 13.0. The zero-order valence-corrected chi connectivity index (χ0v) is 24.2. The minimum atomic E-state index is -0.724. The quantitative estimate of drug-likeness (QED) is 0.279. The molecule has 37 heavy (non-hydrogen) atoms. The van der Waals surface area contributed by atoms with E-state index < -0.39 is 6.10 Å². The summed E-state index contributed by atoms with van der Waals surface area (Å²) in [6.07, 6.45) is 5.53. The zero-order chi connectivity index (χ0) is 27.4. The highest BCUT2D eigenvalue weighted by atomic mass is 16.5. The Kier molecular flexibility index (Phi) is 13.9. The van der Waals surface area contributed by atoms with Crippen LogP contribution in [0.1, 0.15) is 77.3 Å². The van der Waals surface area contributed by atoms with Crippen molar-refractivity contribution in [3.05, 3.63) is 29.3 Å². The third kappa shape index (κ3) is 10.9. The number of amides is 1. The number of hydrazine groups is 1. The SMILES string of the molecule is COCCCOc1cc(CC(CC(N)C(O)CC(C(=O)NN2CCCCC2)C(C)C)C(C)C)ccc1C. The van der Waals surface area contributed by atoms with E-state index in [4.69, 9.17) is 15.2 Å². The van der Waals surface area contributed by atoms with E-state index >= 15 is 0 Å². The van der Waals surface area contributed by atoms with Gasteiger partial charge in [0.2, 0.25) is 5.91 Å². The topological polar surface area (TPSA) is 97.0 Å². The van der Waals surface area contributed by atoms with Crippen LogP contribution in [0.5, 0.6) is 5.75 Å². The summed E-state index contributed by atoms with van der Waals surface area (Å²) in [5, 5.41) is 13.1. The third-order valence-electron chi connectivity index (χ3n) is 7.77. The summed E-state index contributed by atoms with van der Waals surface area (Å²) in [5.41, 5.74) is 12.0. The van der Waals surface area contributed by atoms with Crippen molar-refractivity contribution in [3.8, 4) is 5.75 Å². The number of carbonyl (C=O) groups excluding carboxylic acids is 1. The van der Waals surface area contributed by atoms with Crippen LogP contribution in [0, 0.1) is 30.6 Å². The van der Waals surface area contributed by atoms with E-state index in [2.05, 4.69) is 44.4 Å². The van der Waals surface area contributed by atoms with Crippen molar-refractivity contribution in [2.75, 3.05) is 33.4 Å². The molecule has 1 aromatic rings. The zero-order valence-electron chi connectivity index (χ0n) is 24.2. The molecule has 0 saturated carbocycles. The Labute approximate surface area is 225 Å². The van der Waals surface area contributed by atoms with E-state index in [0.29, 0.717) is 37.9 Å². The van der Waals surface area contributed by atoms with Crippen LogP contribution in [-0.4, -0.2) is 61.6 Å². The van der Waals surface area contributed by atoms with Crippen LogP contribution in [0.3, 0.4) is 0 Å². The molecule has 7 heteroatoms. The van der Waals surface area contributed by atoms with Crippen molar-refractivity contribution in [2.45, 2.75) is 91.7 Å². The van der Waals surface area contributed by atoms with Gasteiger partial charge in [-0.25, -0.2) is 5.01 Å². The predicted octanol–water partition coefficient (Wildman–Crippen LogP) is 4.48. The molecule has 212 valence electrons. The van der Waals surface area contributed by atoms with Gasteiger partial charge in [-0.2, -0.15) is 0 Å². The summed E-state index contributed by atoms with van der Waals surface area (Å²) < 4.78 is 11.1. The molecule has 1 fully saturated rings. The number of carbonyl (C=O) groups is 1. The number of ether oxygens (including phenoxy) is 2. The molecule has 0 bridgehead atoms. The number of piperidine rings is 1.